The Morgan fingerprint density at radius 1 is 1.21 bits per heavy atom. The number of carbonyl (C=O) groups is 1. The van der Waals surface area contributed by atoms with Gasteiger partial charge in [-0.05, 0) is 37.1 Å². The molecule has 1 aliphatic rings. The van der Waals surface area contributed by atoms with Crippen LogP contribution in [0.5, 0.6) is 17.5 Å². The molecule has 1 aromatic heterocycles. The normalized spacial score (nSPS) is 17.5. The number of aromatic nitrogens is 2. The Balaban J connectivity index is 1.69. The second-order valence-electron chi connectivity index (χ2n) is 6.34. The van der Waals surface area contributed by atoms with Gasteiger partial charge in [0.2, 0.25) is 10.0 Å². The van der Waals surface area contributed by atoms with Crippen LogP contribution < -0.4 is 19.9 Å². The summed E-state index contributed by atoms with van der Waals surface area (Å²) in [6.45, 7) is 0.296. The molecule has 0 aliphatic carbocycles. The Morgan fingerprint density at radius 3 is 2.55 bits per heavy atom. The summed E-state index contributed by atoms with van der Waals surface area (Å²) in [5.74, 6) is 0.229. The first-order valence-electron chi connectivity index (χ1n) is 8.93. The average molecular weight is 422 g/mol. The molecule has 2 N–H and O–H groups in total. The predicted molar refractivity (Wildman–Crippen MR) is 102 cm³/mol. The monoisotopic (exact) mass is 422 g/mol. The lowest BCUT2D eigenvalue weighted by molar-refractivity contribution is -0.119. The largest absolute Gasteiger partial charge is 0.484 e. The van der Waals surface area contributed by atoms with Gasteiger partial charge in [-0.2, -0.15) is 4.31 Å². The molecule has 3 rings (SSSR count). The van der Waals surface area contributed by atoms with Gasteiger partial charge in [0.25, 0.3) is 17.7 Å². The van der Waals surface area contributed by atoms with Crippen molar-refractivity contribution in [3.8, 4) is 17.5 Å². The summed E-state index contributed by atoms with van der Waals surface area (Å²) in [6.07, 6.45) is 3.93. The molecular weight excluding hydrogens is 400 g/mol. The van der Waals surface area contributed by atoms with Crippen LogP contribution in [0.2, 0.25) is 0 Å². The highest BCUT2D eigenvalue weighted by molar-refractivity contribution is 7.89. The summed E-state index contributed by atoms with van der Waals surface area (Å²) in [7, 11) is -2.25. The number of carbonyl (C=O) groups excluding carboxylic acids is 1. The molecule has 1 amide bonds. The van der Waals surface area contributed by atoms with Crippen molar-refractivity contribution >= 4 is 15.9 Å². The molecule has 0 radical (unpaired) electrons. The molecule has 10 nitrogen and oxygen atoms in total. The van der Waals surface area contributed by atoms with Gasteiger partial charge in [0, 0.05) is 18.9 Å². The lowest BCUT2D eigenvalue weighted by Crippen LogP contribution is -2.44. The number of rotatable bonds is 8. The van der Waals surface area contributed by atoms with Gasteiger partial charge in [0.05, 0.1) is 18.6 Å². The van der Waals surface area contributed by atoms with E-state index in [1.54, 1.807) is 0 Å². The zero-order valence-corrected chi connectivity index (χ0v) is 16.7. The maximum absolute atomic E-state index is 13.0. The first kappa shape index (κ1) is 20.8. The number of benzene rings is 1. The van der Waals surface area contributed by atoms with E-state index in [1.165, 1.54) is 48.1 Å². The summed E-state index contributed by atoms with van der Waals surface area (Å²) in [4.78, 5) is 19.0. The second-order valence-corrected chi connectivity index (χ2v) is 8.28. The summed E-state index contributed by atoms with van der Waals surface area (Å²) < 4.78 is 43.5. The smallest absolute Gasteiger partial charge is 0.278 e. The number of amides is 1. The molecular formula is C18H22N4O6S. The molecule has 0 bridgehead atoms. The van der Waals surface area contributed by atoms with Crippen molar-refractivity contribution in [1.82, 2.24) is 14.3 Å². The Bertz CT molecular complexity index is 951. The van der Waals surface area contributed by atoms with Gasteiger partial charge in [-0.1, -0.05) is 0 Å². The minimum absolute atomic E-state index is 0.127. The van der Waals surface area contributed by atoms with Crippen molar-refractivity contribution in [3.05, 3.63) is 36.7 Å². The molecule has 1 atom stereocenters. The van der Waals surface area contributed by atoms with E-state index in [4.69, 9.17) is 19.9 Å². The highest BCUT2D eigenvalue weighted by Crippen LogP contribution is 2.27. The van der Waals surface area contributed by atoms with Gasteiger partial charge in [0.15, 0.2) is 6.61 Å². The Kier molecular flexibility index (Phi) is 6.49. The number of nitrogens with zero attached hydrogens (tertiary/aromatic N) is 3. The van der Waals surface area contributed by atoms with Crippen molar-refractivity contribution in [2.24, 2.45) is 5.73 Å². The Labute approximate surface area is 168 Å². The quantitative estimate of drug-likeness (QED) is 0.653. The van der Waals surface area contributed by atoms with Crippen molar-refractivity contribution < 1.29 is 27.4 Å². The van der Waals surface area contributed by atoms with Crippen LogP contribution in [0.3, 0.4) is 0 Å². The van der Waals surface area contributed by atoms with Crippen LogP contribution >= 0.6 is 0 Å². The fourth-order valence-electron chi connectivity index (χ4n) is 2.92. The fraction of sp³-hybridized carbons (Fsp3) is 0.389. The zero-order chi connectivity index (χ0) is 20.9. The third-order valence-electron chi connectivity index (χ3n) is 4.29. The van der Waals surface area contributed by atoms with Crippen LogP contribution in [0.25, 0.3) is 0 Å². The molecule has 1 aliphatic heterocycles. The molecule has 1 aromatic carbocycles. The Hall–Kier alpha value is -2.92. The number of ether oxygens (including phenoxy) is 3. The van der Waals surface area contributed by atoms with Gasteiger partial charge in [-0.3, -0.25) is 4.79 Å². The van der Waals surface area contributed by atoms with E-state index in [-0.39, 0.29) is 35.9 Å². The van der Waals surface area contributed by atoms with Crippen LogP contribution in [0.4, 0.5) is 0 Å². The number of hydrogen-bond donors (Lipinski definition) is 1. The van der Waals surface area contributed by atoms with Crippen LogP contribution in [0.15, 0.2) is 41.6 Å². The number of primary amides is 1. The van der Waals surface area contributed by atoms with E-state index in [2.05, 4.69) is 9.97 Å². The van der Waals surface area contributed by atoms with Crippen molar-refractivity contribution in [2.75, 3.05) is 26.8 Å². The topological polar surface area (TPSA) is 134 Å². The molecule has 1 saturated heterocycles. The standard InChI is InChI=1S/C18H22N4O6S/c1-26-17-18(21-9-8-20-17)28-14-3-2-10-22(11-14)29(24,25)15-6-4-13(5-7-15)27-12-16(19)23/h4-9,14H,2-3,10-12H2,1H3,(H2,19,23). The molecule has 0 saturated carbocycles. The van der Waals surface area contributed by atoms with E-state index in [0.717, 1.165) is 0 Å². The highest BCUT2D eigenvalue weighted by Gasteiger charge is 2.32. The molecule has 11 heteroatoms. The SMILES string of the molecule is COc1nccnc1OC1CCCN(S(=O)(=O)c2ccc(OCC(N)=O)cc2)C1. The lowest BCUT2D eigenvalue weighted by Gasteiger charge is -2.31. The molecule has 29 heavy (non-hydrogen) atoms. The lowest BCUT2D eigenvalue weighted by atomic mass is 10.1. The van der Waals surface area contributed by atoms with Gasteiger partial charge in [0.1, 0.15) is 11.9 Å². The average Bonchev–Trinajstić information content (AvgIpc) is 2.73. The molecule has 1 fully saturated rings. The maximum Gasteiger partial charge on any atom is 0.278 e. The zero-order valence-electron chi connectivity index (χ0n) is 15.9. The first-order chi connectivity index (χ1) is 13.9. The number of sulfonamides is 1. The van der Waals surface area contributed by atoms with E-state index in [1.807, 2.05) is 0 Å². The van der Waals surface area contributed by atoms with Crippen LogP contribution in [-0.2, 0) is 14.8 Å². The van der Waals surface area contributed by atoms with Gasteiger partial charge in [-0.15, -0.1) is 0 Å². The summed E-state index contributed by atoms with van der Waals surface area (Å²) in [5, 5.41) is 0. The molecule has 1 unspecified atom stereocenters. The summed E-state index contributed by atoms with van der Waals surface area (Å²) in [5.41, 5.74) is 5.03. The third-order valence-corrected chi connectivity index (χ3v) is 6.17. The molecule has 156 valence electrons. The van der Waals surface area contributed by atoms with Crippen molar-refractivity contribution in [3.63, 3.8) is 0 Å². The van der Waals surface area contributed by atoms with E-state index < -0.39 is 15.9 Å². The van der Waals surface area contributed by atoms with Crippen LogP contribution in [0.1, 0.15) is 12.8 Å². The van der Waals surface area contributed by atoms with Gasteiger partial charge >= 0.3 is 0 Å². The molecule has 2 heterocycles. The number of methoxy groups -OCH3 is 1. The predicted octanol–water partition coefficient (Wildman–Crippen LogP) is 0.581. The second kappa shape index (κ2) is 9.05. The van der Waals surface area contributed by atoms with Crippen LogP contribution in [0, 0.1) is 0 Å². The number of nitrogens with two attached hydrogens (primary N) is 1. The number of hydrogen-bond acceptors (Lipinski definition) is 8. The first-order valence-corrected chi connectivity index (χ1v) is 10.4. The van der Waals surface area contributed by atoms with Crippen LogP contribution in [-0.4, -0.2) is 61.5 Å². The van der Waals surface area contributed by atoms with E-state index in [0.29, 0.717) is 25.1 Å². The van der Waals surface area contributed by atoms with Crippen molar-refractivity contribution in [1.29, 1.82) is 0 Å². The highest BCUT2D eigenvalue weighted by atomic mass is 32.2. The summed E-state index contributed by atoms with van der Waals surface area (Å²) >= 11 is 0. The molecule has 0 spiro atoms. The minimum atomic E-state index is -3.71. The third kappa shape index (κ3) is 5.12. The minimum Gasteiger partial charge on any atom is -0.484 e. The van der Waals surface area contributed by atoms with Gasteiger partial charge in [-0.25, -0.2) is 18.4 Å². The Morgan fingerprint density at radius 2 is 1.90 bits per heavy atom. The summed E-state index contributed by atoms with van der Waals surface area (Å²) in [6, 6.07) is 5.83. The van der Waals surface area contributed by atoms with E-state index in [9.17, 15) is 13.2 Å². The number of piperidine rings is 1. The molecule has 2 aromatic rings. The fourth-order valence-corrected chi connectivity index (χ4v) is 4.43. The maximum atomic E-state index is 13.0. The van der Waals surface area contributed by atoms with E-state index >= 15 is 0 Å². The van der Waals surface area contributed by atoms with Crippen molar-refractivity contribution in [2.45, 2.75) is 23.8 Å². The van der Waals surface area contributed by atoms with Gasteiger partial charge < -0.3 is 19.9 Å².